The van der Waals surface area contributed by atoms with Gasteiger partial charge in [0.25, 0.3) is 5.91 Å². The molecule has 1 aliphatic heterocycles. The maximum Gasteiger partial charge on any atom is 0.408 e. The lowest BCUT2D eigenvalue weighted by molar-refractivity contribution is -0.148. The molecule has 0 bridgehead atoms. The monoisotopic (exact) mass is 544 g/mol. The van der Waals surface area contributed by atoms with Crippen LogP contribution in [0.1, 0.15) is 35.6 Å². The molecule has 10 nitrogen and oxygen atoms in total. The van der Waals surface area contributed by atoms with Crippen LogP contribution in [0.25, 0.3) is 0 Å². The summed E-state index contributed by atoms with van der Waals surface area (Å²) < 4.78 is 10.7. The van der Waals surface area contributed by atoms with Crippen molar-refractivity contribution >= 4 is 24.0 Å². The molecule has 0 aromatic heterocycles. The van der Waals surface area contributed by atoms with Crippen LogP contribution in [-0.2, 0) is 44.4 Å². The molecule has 208 valence electrons. The van der Waals surface area contributed by atoms with Crippen molar-refractivity contribution in [2.45, 2.75) is 44.7 Å². The first-order valence-corrected chi connectivity index (χ1v) is 12.9. The summed E-state index contributed by atoms with van der Waals surface area (Å²) in [6.45, 7) is 1.84. The van der Waals surface area contributed by atoms with Gasteiger partial charge in [0.15, 0.2) is 0 Å². The number of hydrogen-bond donors (Lipinski definition) is 3. The van der Waals surface area contributed by atoms with Crippen molar-refractivity contribution in [3.63, 3.8) is 0 Å². The summed E-state index contributed by atoms with van der Waals surface area (Å²) in [7, 11) is 0. The van der Waals surface area contributed by atoms with E-state index in [9.17, 15) is 19.2 Å². The smallest absolute Gasteiger partial charge is 0.408 e. The number of nitrogens with zero attached hydrogens (tertiary/aromatic N) is 1. The average Bonchev–Trinajstić information content (AvgIpc) is 3.21. The fourth-order valence-corrected chi connectivity index (χ4v) is 4.31. The molecule has 1 heterocycles. The van der Waals surface area contributed by atoms with Crippen LogP contribution in [0.3, 0.4) is 0 Å². The zero-order chi connectivity index (χ0) is 28.5. The van der Waals surface area contributed by atoms with Crippen LogP contribution in [0, 0.1) is 0 Å². The molecule has 2 atom stereocenters. The van der Waals surface area contributed by atoms with E-state index in [1.807, 2.05) is 36.4 Å². The molecule has 10 heteroatoms. The maximum atomic E-state index is 13.4. The zero-order valence-electron chi connectivity index (χ0n) is 22.2. The molecule has 3 aromatic carbocycles. The van der Waals surface area contributed by atoms with Gasteiger partial charge in [0.1, 0.15) is 24.8 Å². The highest BCUT2D eigenvalue weighted by molar-refractivity contribution is 6.07. The topological polar surface area (TPSA) is 140 Å². The molecular weight excluding hydrogens is 512 g/mol. The Morgan fingerprint density at radius 1 is 0.875 bits per heavy atom. The second-order valence-corrected chi connectivity index (χ2v) is 9.55. The summed E-state index contributed by atoms with van der Waals surface area (Å²) in [5, 5.41) is 5.27. The van der Waals surface area contributed by atoms with Gasteiger partial charge in [-0.05, 0) is 35.6 Å². The number of ether oxygens (including phenoxy) is 2. The number of benzene rings is 3. The first kappa shape index (κ1) is 28.3. The average molecular weight is 545 g/mol. The Labute approximate surface area is 232 Å². The molecule has 0 saturated carbocycles. The Hall–Kier alpha value is -4.70. The highest BCUT2D eigenvalue weighted by Crippen LogP contribution is 2.29. The second kappa shape index (κ2) is 12.9. The number of esters is 1. The first-order valence-electron chi connectivity index (χ1n) is 12.9. The normalized spacial score (nSPS) is 17.2. The van der Waals surface area contributed by atoms with E-state index in [4.69, 9.17) is 15.2 Å². The molecule has 1 saturated heterocycles. The van der Waals surface area contributed by atoms with Crippen molar-refractivity contribution in [2.75, 3.05) is 6.54 Å². The SMILES string of the molecule is CC1(c2ccc(CN)cc2)NC(=O)N(CCC(NC(=O)OCc2ccccc2)C(=O)OCc2ccccc2)C1=O. The molecule has 40 heavy (non-hydrogen) atoms. The van der Waals surface area contributed by atoms with Gasteiger partial charge in [0.05, 0.1) is 0 Å². The Balaban J connectivity index is 1.42. The van der Waals surface area contributed by atoms with Crippen molar-refractivity contribution < 1.29 is 28.7 Å². The number of urea groups is 1. The molecule has 1 aliphatic rings. The van der Waals surface area contributed by atoms with E-state index in [0.717, 1.165) is 21.6 Å². The molecule has 0 radical (unpaired) electrons. The van der Waals surface area contributed by atoms with E-state index in [0.29, 0.717) is 12.1 Å². The summed E-state index contributed by atoms with van der Waals surface area (Å²) >= 11 is 0. The predicted molar refractivity (Wildman–Crippen MR) is 146 cm³/mol. The number of nitrogens with two attached hydrogens (primary N) is 1. The first-order chi connectivity index (χ1) is 19.3. The zero-order valence-corrected chi connectivity index (χ0v) is 22.2. The number of carbonyl (C=O) groups is 4. The Kier molecular flexibility index (Phi) is 9.13. The number of hydrogen-bond acceptors (Lipinski definition) is 7. The van der Waals surface area contributed by atoms with Crippen LogP contribution in [0.15, 0.2) is 84.9 Å². The number of imide groups is 1. The Morgan fingerprint density at radius 2 is 1.45 bits per heavy atom. The van der Waals surface area contributed by atoms with Crippen LogP contribution in [0.2, 0.25) is 0 Å². The summed E-state index contributed by atoms with van der Waals surface area (Å²) in [5.41, 5.74) is 7.43. The number of alkyl carbamates (subject to hydrolysis) is 1. The highest BCUT2D eigenvalue weighted by Gasteiger charge is 2.49. The predicted octanol–water partition coefficient (Wildman–Crippen LogP) is 3.34. The lowest BCUT2D eigenvalue weighted by Gasteiger charge is -2.23. The van der Waals surface area contributed by atoms with E-state index in [2.05, 4.69) is 10.6 Å². The highest BCUT2D eigenvalue weighted by atomic mass is 16.6. The van der Waals surface area contributed by atoms with Gasteiger partial charge >= 0.3 is 18.1 Å². The number of amides is 4. The Bertz CT molecular complexity index is 1330. The minimum Gasteiger partial charge on any atom is -0.459 e. The third kappa shape index (κ3) is 6.83. The third-order valence-electron chi connectivity index (χ3n) is 6.70. The lowest BCUT2D eigenvalue weighted by Crippen LogP contribution is -2.45. The van der Waals surface area contributed by atoms with Crippen LogP contribution in [0.4, 0.5) is 9.59 Å². The number of nitrogens with one attached hydrogen (secondary N) is 2. The van der Waals surface area contributed by atoms with Gasteiger partial charge in [-0.15, -0.1) is 0 Å². The summed E-state index contributed by atoms with van der Waals surface area (Å²) in [5.74, 6) is -1.19. The minimum atomic E-state index is -1.28. The van der Waals surface area contributed by atoms with E-state index >= 15 is 0 Å². The molecule has 0 aliphatic carbocycles. The number of carbonyl (C=O) groups excluding carboxylic acids is 4. The second-order valence-electron chi connectivity index (χ2n) is 9.55. The van der Waals surface area contributed by atoms with E-state index in [1.165, 1.54) is 0 Å². The van der Waals surface area contributed by atoms with Crippen molar-refractivity contribution in [3.8, 4) is 0 Å². The third-order valence-corrected chi connectivity index (χ3v) is 6.70. The summed E-state index contributed by atoms with van der Waals surface area (Å²) in [6.07, 6.45) is -0.900. The molecular formula is C30H32N4O6. The molecule has 2 unspecified atom stereocenters. The minimum absolute atomic E-state index is 0.00306. The van der Waals surface area contributed by atoms with Crippen molar-refractivity contribution in [1.82, 2.24) is 15.5 Å². The van der Waals surface area contributed by atoms with Crippen molar-refractivity contribution in [1.29, 1.82) is 0 Å². The quantitative estimate of drug-likeness (QED) is 0.248. The van der Waals surface area contributed by atoms with Gasteiger partial charge in [0.2, 0.25) is 0 Å². The molecule has 0 spiro atoms. The van der Waals surface area contributed by atoms with Crippen LogP contribution in [-0.4, -0.2) is 41.5 Å². The van der Waals surface area contributed by atoms with Gasteiger partial charge in [-0.2, -0.15) is 0 Å². The van der Waals surface area contributed by atoms with Crippen LogP contribution in [0.5, 0.6) is 0 Å². The van der Waals surface area contributed by atoms with Crippen LogP contribution < -0.4 is 16.4 Å². The van der Waals surface area contributed by atoms with Gasteiger partial charge in [-0.3, -0.25) is 9.69 Å². The van der Waals surface area contributed by atoms with Gasteiger partial charge in [-0.1, -0.05) is 84.9 Å². The maximum absolute atomic E-state index is 13.4. The number of rotatable bonds is 11. The van der Waals surface area contributed by atoms with Crippen molar-refractivity contribution in [2.24, 2.45) is 5.73 Å². The van der Waals surface area contributed by atoms with Gasteiger partial charge in [0, 0.05) is 13.1 Å². The van der Waals surface area contributed by atoms with Crippen LogP contribution >= 0.6 is 0 Å². The molecule has 1 fully saturated rings. The molecule has 3 aromatic rings. The summed E-state index contributed by atoms with van der Waals surface area (Å²) in [6, 6.07) is 23.5. The fourth-order valence-electron chi connectivity index (χ4n) is 4.31. The van der Waals surface area contributed by atoms with E-state index < -0.39 is 35.6 Å². The lowest BCUT2D eigenvalue weighted by atomic mass is 9.91. The standard InChI is InChI=1S/C30H32N4O6/c1-30(24-14-12-21(18-31)13-15-24)27(36)34(28(37)33-30)17-16-25(26(35)39-19-22-8-4-2-5-9-22)32-29(38)40-20-23-10-6-3-7-11-23/h2-15,25H,16-20,31H2,1H3,(H,32,38)(H,33,37). The van der Waals surface area contributed by atoms with E-state index in [-0.39, 0.29) is 26.2 Å². The molecule has 4 N–H and O–H groups in total. The van der Waals surface area contributed by atoms with Crippen molar-refractivity contribution in [3.05, 3.63) is 107 Å². The van der Waals surface area contributed by atoms with Gasteiger partial charge in [-0.25, -0.2) is 14.4 Å². The largest absolute Gasteiger partial charge is 0.459 e. The Morgan fingerprint density at radius 3 is 2.02 bits per heavy atom. The summed E-state index contributed by atoms with van der Waals surface area (Å²) in [4.78, 5) is 52.8. The van der Waals surface area contributed by atoms with Gasteiger partial charge < -0.3 is 25.8 Å². The van der Waals surface area contributed by atoms with E-state index in [1.54, 1.807) is 55.5 Å². The fraction of sp³-hybridized carbons (Fsp3) is 0.267. The molecule has 4 amide bonds. The molecule has 4 rings (SSSR count).